The number of esters is 2. The fraction of sp³-hybridized carbons (Fsp3) is 0.500. The molecule has 0 spiro atoms. The minimum atomic E-state index is -1.50. The number of hydrogen-bond donors (Lipinski definition) is 2. The van der Waals surface area contributed by atoms with Crippen molar-refractivity contribution in [3.63, 3.8) is 0 Å². The first-order chi connectivity index (χ1) is 25.6. The first-order valence-corrected chi connectivity index (χ1v) is 17.1. The Hall–Kier alpha value is -4.78. The molecule has 1 aliphatic carbocycles. The number of imide groups is 1. The summed E-state index contributed by atoms with van der Waals surface area (Å²) >= 11 is 0. The van der Waals surface area contributed by atoms with Gasteiger partial charge in [0, 0.05) is 30.5 Å². The van der Waals surface area contributed by atoms with E-state index in [1.807, 2.05) is 0 Å². The number of aliphatic hydroxyl groups is 2. The number of cyclic esters (lactones) is 1. The summed E-state index contributed by atoms with van der Waals surface area (Å²) in [6, 6.07) is 6.77. The zero-order valence-electron chi connectivity index (χ0n) is 28.8. The maximum Gasteiger partial charge on any atom is 0.313 e. The van der Waals surface area contributed by atoms with E-state index in [1.165, 1.54) is 14.2 Å². The van der Waals surface area contributed by atoms with Crippen molar-refractivity contribution in [3.8, 4) is 28.7 Å². The van der Waals surface area contributed by atoms with Crippen LogP contribution in [0.4, 0.5) is 0 Å². The second-order valence-corrected chi connectivity index (χ2v) is 13.4. The Morgan fingerprint density at radius 3 is 2.25 bits per heavy atom. The molecule has 17 heteroatoms. The van der Waals surface area contributed by atoms with Crippen LogP contribution >= 0.6 is 0 Å². The molecule has 0 bridgehead atoms. The average molecular weight is 740 g/mol. The van der Waals surface area contributed by atoms with Crippen LogP contribution in [0, 0.1) is 11.8 Å². The van der Waals surface area contributed by atoms with E-state index in [-0.39, 0.29) is 50.2 Å². The second kappa shape index (κ2) is 13.9. The van der Waals surface area contributed by atoms with Gasteiger partial charge >= 0.3 is 11.9 Å². The van der Waals surface area contributed by atoms with E-state index in [2.05, 4.69) is 0 Å². The Kier molecular flexibility index (Phi) is 9.24. The van der Waals surface area contributed by atoms with E-state index in [4.69, 9.17) is 47.4 Å². The van der Waals surface area contributed by atoms with Crippen LogP contribution in [0.25, 0.3) is 0 Å². The summed E-state index contributed by atoms with van der Waals surface area (Å²) < 4.78 is 58.0. The number of carbonyl (C=O) groups is 4. The standard InChI is InChI=1S/C36H37NO16/c1-15-46-13-24-34(50-15)30(41)31(42)36(51-24)53-32-18-11-21-20(48-14-49-21)10-17(18)28(29-19(32)12-47-35(29)43)16-8-22(44-2)33(23(9-16)45-3)52-27(40)6-7-37-25(38)4-5-26(37)39/h4-5,8-11,15,19,24,28-32,34,36,41-42H,6-7,12-14H2,1-3H3. The number of methoxy groups -OCH3 is 2. The lowest BCUT2D eigenvalue weighted by Gasteiger charge is -2.47. The summed E-state index contributed by atoms with van der Waals surface area (Å²) in [4.78, 5) is 51.4. The molecule has 0 radical (unpaired) electrons. The molecule has 5 aliphatic heterocycles. The summed E-state index contributed by atoms with van der Waals surface area (Å²) in [7, 11) is 2.76. The van der Waals surface area contributed by atoms with E-state index in [0.29, 0.717) is 28.2 Å². The lowest BCUT2D eigenvalue weighted by atomic mass is 9.66. The summed E-state index contributed by atoms with van der Waals surface area (Å²) in [6.45, 7) is 1.55. The van der Waals surface area contributed by atoms with E-state index < -0.39 is 84.6 Å². The van der Waals surface area contributed by atoms with Crippen LogP contribution in [0.3, 0.4) is 0 Å². The Labute approximate surface area is 302 Å². The number of ether oxygens (including phenoxy) is 10. The normalized spacial score (nSPS) is 32.5. The number of benzene rings is 2. The molecule has 2 N–H and O–H groups in total. The summed E-state index contributed by atoms with van der Waals surface area (Å²) in [5, 5.41) is 22.2. The zero-order chi connectivity index (χ0) is 37.1. The zero-order valence-corrected chi connectivity index (χ0v) is 28.8. The molecule has 2 amide bonds. The monoisotopic (exact) mass is 739 g/mol. The third kappa shape index (κ3) is 6.16. The number of aliphatic hydroxyl groups excluding tert-OH is 2. The van der Waals surface area contributed by atoms with Crippen LogP contribution in [0.2, 0.25) is 0 Å². The molecular weight excluding hydrogens is 702 g/mol. The molecule has 2 aromatic carbocycles. The van der Waals surface area contributed by atoms with Gasteiger partial charge in [-0.15, -0.1) is 0 Å². The van der Waals surface area contributed by atoms with E-state index in [1.54, 1.807) is 31.2 Å². The van der Waals surface area contributed by atoms with Gasteiger partial charge in [0.05, 0.1) is 45.9 Å². The molecule has 10 unspecified atom stereocenters. The van der Waals surface area contributed by atoms with Gasteiger partial charge in [-0.05, 0) is 47.9 Å². The molecule has 3 saturated heterocycles. The van der Waals surface area contributed by atoms with Crippen LogP contribution in [0.15, 0.2) is 36.4 Å². The topological polar surface area (TPSA) is 204 Å². The lowest BCUT2D eigenvalue weighted by molar-refractivity contribution is -0.364. The molecule has 3 fully saturated rings. The predicted octanol–water partition coefficient (Wildman–Crippen LogP) is 0.854. The van der Waals surface area contributed by atoms with Gasteiger partial charge in [0.25, 0.3) is 11.8 Å². The van der Waals surface area contributed by atoms with Crippen molar-refractivity contribution >= 4 is 23.8 Å². The number of amides is 2. The highest BCUT2D eigenvalue weighted by Crippen LogP contribution is 2.57. The third-order valence-corrected chi connectivity index (χ3v) is 10.4. The molecule has 17 nitrogen and oxygen atoms in total. The summed E-state index contributed by atoms with van der Waals surface area (Å²) in [5.74, 6) is -3.37. The molecule has 8 rings (SSSR count). The van der Waals surface area contributed by atoms with Gasteiger partial charge in [0.2, 0.25) is 12.5 Å². The van der Waals surface area contributed by atoms with Crippen LogP contribution < -0.4 is 23.7 Å². The first-order valence-electron chi connectivity index (χ1n) is 17.1. The van der Waals surface area contributed by atoms with Gasteiger partial charge in [0.15, 0.2) is 35.6 Å². The third-order valence-electron chi connectivity index (χ3n) is 10.4. The van der Waals surface area contributed by atoms with Crippen molar-refractivity contribution in [2.45, 2.75) is 62.4 Å². The number of fused-ring (bicyclic) bond motifs is 4. The Bertz CT molecular complexity index is 1820. The smallest absolute Gasteiger partial charge is 0.313 e. The maximum atomic E-state index is 13.7. The Morgan fingerprint density at radius 2 is 1.57 bits per heavy atom. The first kappa shape index (κ1) is 35.3. The van der Waals surface area contributed by atoms with Gasteiger partial charge in [-0.25, -0.2) is 0 Å². The molecule has 53 heavy (non-hydrogen) atoms. The highest BCUT2D eigenvalue weighted by Gasteiger charge is 2.56. The lowest BCUT2D eigenvalue weighted by Crippen LogP contribution is -2.63. The molecule has 0 aromatic heterocycles. The number of nitrogens with zero attached hydrogens (tertiary/aromatic N) is 1. The SMILES string of the molecule is COc1cc(C2c3cc4c(cc3C(OC3OC5COC(C)OC5C(O)C3O)C3COC(=O)C23)OCO4)cc(OC)c1OC(=O)CCN1C(=O)C=CC1=O. The Morgan fingerprint density at radius 1 is 0.887 bits per heavy atom. The fourth-order valence-corrected chi connectivity index (χ4v) is 7.84. The van der Waals surface area contributed by atoms with E-state index >= 15 is 0 Å². The number of rotatable bonds is 9. The van der Waals surface area contributed by atoms with Crippen molar-refractivity contribution in [2.75, 3.05) is 40.8 Å². The van der Waals surface area contributed by atoms with E-state index in [9.17, 15) is 29.4 Å². The van der Waals surface area contributed by atoms with E-state index in [0.717, 1.165) is 17.1 Å². The number of carbonyl (C=O) groups excluding carboxylic acids is 4. The minimum Gasteiger partial charge on any atom is -0.493 e. The van der Waals surface area contributed by atoms with Crippen molar-refractivity contribution in [1.82, 2.24) is 4.90 Å². The second-order valence-electron chi connectivity index (χ2n) is 13.4. The molecule has 10 atom stereocenters. The highest BCUT2D eigenvalue weighted by molar-refractivity contribution is 6.13. The summed E-state index contributed by atoms with van der Waals surface area (Å²) in [5.41, 5.74) is 1.76. The molecule has 0 saturated carbocycles. The molecule has 2 aromatic rings. The quantitative estimate of drug-likeness (QED) is 0.208. The van der Waals surface area contributed by atoms with Crippen LogP contribution in [0.5, 0.6) is 28.7 Å². The minimum absolute atomic E-state index is 0.0266. The van der Waals surface area contributed by atoms with Crippen molar-refractivity contribution < 1.29 is 76.8 Å². The van der Waals surface area contributed by atoms with Crippen molar-refractivity contribution in [1.29, 1.82) is 0 Å². The van der Waals surface area contributed by atoms with Crippen molar-refractivity contribution in [3.05, 3.63) is 53.1 Å². The van der Waals surface area contributed by atoms with Gasteiger partial charge in [-0.1, -0.05) is 0 Å². The van der Waals surface area contributed by atoms with Gasteiger partial charge < -0.3 is 57.6 Å². The fourth-order valence-electron chi connectivity index (χ4n) is 7.84. The highest BCUT2D eigenvalue weighted by atomic mass is 16.8. The molecule has 282 valence electrons. The van der Waals surface area contributed by atoms with Gasteiger partial charge in [-0.3, -0.25) is 24.1 Å². The van der Waals surface area contributed by atoms with Crippen LogP contribution in [-0.4, -0.2) is 117 Å². The number of hydrogen-bond acceptors (Lipinski definition) is 16. The molecular formula is C36H37NO16. The Balaban J connectivity index is 1.13. The molecule has 6 aliphatic rings. The summed E-state index contributed by atoms with van der Waals surface area (Å²) in [6.07, 6.45) is -5.23. The van der Waals surface area contributed by atoms with Crippen LogP contribution in [0.1, 0.15) is 42.1 Å². The van der Waals surface area contributed by atoms with Gasteiger partial charge in [-0.2, -0.15) is 0 Å². The van der Waals surface area contributed by atoms with Crippen molar-refractivity contribution in [2.24, 2.45) is 11.8 Å². The van der Waals surface area contributed by atoms with Crippen LogP contribution in [-0.2, 0) is 42.9 Å². The predicted molar refractivity (Wildman–Crippen MR) is 173 cm³/mol. The van der Waals surface area contributed by atoms with Gasteiger partial charge in [0.1, 0.15) is 24.4 Å². The largest absolute Gasteiger partial charge is 0.493 e. The average Bonchev–Trinajstić information content (AvgIpc) is 3.86. The maximum absolute atomic E-state index is 13.7. The molecule has 5 heterocycles.